The summed E-state index contributed by atoms with van der Waals surface area (Å²) in [6.07, 6.45) is 0. The van der Waals surface area contributed by atoms with Crippen LogP contribution in [0.1, 0.15) is 27.7 Å². The molecular weight excluding hydrogens is 220 g/mol. The number of thioether (sulfide) groups is 1. The van der Waals surface area contributed by atoms with Crippen LogP contribution in [0, 0.1) is 11.8 Å². The highest BCUT2D eigenvalue weighted by molar-refractivity contribution is 9.09. The van der Waals surface area contributed by atoms with Crippen LogP contribution >= 0.6 is 27.7 Å². The van der Waals surface area contributed by atoms with Crippen molar-refractivity contribution in [3.05, 3.63) is 0 Å². The molecule has 0 heterocycles. The first-order valence-corrected chi connectivity index (χ1v) is 6.42. The van der Waals surface area contributed by atoms with Gasteiger partial charge in [-0.1, -0.05) is 43.6 Å². The molecular formula is C9H19BrS. The van der Waals surface area contributed by atoms with E-state index in [4.69, 9.17) is 0 Å². The van der Waals surface area contributed by atoms with Gasteiger partial charge >= 0.3 is 0 Å². The van der Waals surface area contributed by atoms with Gasteiger partial charge in [0.15, 0.2) is 0 Å². The van der Waals surface area contributed by atoms with E-state index in [2.05, 4.69) is 55.4 Å². The van der Waals surface area contributed by atoms with Crippen LogP contribution in [0.25, 0.3) is 0 Å². The molecule has 0 amide bonds. The van der Waals surface area contributed by atoms with Crippen molar-refractivity contribution in [3.63, 3.8) is 0 Å². The van der Waals surface area contributed by atoms with Crippen LogP contribution in [0.4, 0.5) is 0 Å². The van der Waals surface area contributed by atoms with Crippen molar-refractivity contribution in [1.82, 2.24) is 0 Å². The summed E-state index contributed by atoms with van der Waals surface area (Å²) in [5.41, 5.74) is 0. The van der Waals surface area contributed by atoms with Gasteiger partial charge in [0.25, 0.3) is 0 Å². The van der Waals surface area contributed by atoms with Crippen LogP contribution in [0.2, 0.25) is 0 Å². The average molecular weight is 239 g/mol. The van der Waals surface area contributed by atoms with Gasteiger partial charge < -0.3 is 0 Å². The zero-order valence-electron chi connectivity index (χ0n) is 7.93. The molecule has 0 aliphatic heterocycles. The van der Waals surface area contributed by atoms with E-state index in [-0.39, 0.29) is 0 Å². The second kappa shape index (κ2) is 6.36. The first-order chi connectivity index (χ1) is 5.07. The predicted octanol–water partition coefficient (Wildman–Crippen LogP) is 3.80. The fraction of sp³-hybridized carbons (Fsp3) is 1.00. The second-order valence-corrected chi connectivity index (χ2v) is 5.60. The molecule has 0 aromatic rings. The molecule has 68 valence electrons. The molecule has 0 saturated carbocycles. The molecule has 0 saturated heterocycles. The Labute approximate surface area is 83.6 Å². The largest absolute Gasteiger partial charge is 0.158 e. The summed E-state index contributed by atoms with van der Waals surface area (Å²) < 4.78 is 0. The Kier molecular flexibility index (Phi) is 6.84. The Morgan fingerprint density at radius 3 is 2.09 bits per heavy atom. The molecule has 11 heavy (non-hydrogen) atoms. The molecule has 2 atom stereocenters. The standard InChI is InChI=1S/C9H19BrS/c1-7(2)9(4)11-6-8(3)5-10/h7-9H,5-6H2,1-4H3. The topological polar surface area (TPSA) is 0 Å². The Morgan fingerprint density at radius 1 is 1.18 bits per heavy atom. The van der Waals surface area contributed by atoms with Crippen molar-refractivity contribution in [2.24, 2.45) is 11.8 Å². The summed E-state index contributed by atoms with van der Waals surface area (Å²) in [5, 5.41) is 1.93. The van der Waals surface area contributed by atoms with E-state index >= 15 is 0 Å². The highest BCUT2D eigenvalue weighted by atomic mass is 79.9. The number of rotatable bonds is 5. The molecule has 0 rings (SSSR count). The fourth-order valence-corrected chi connectivity index (χ4v) is 2.22. The molecule has 0 fully saturated rings. The molecule has 0 aliphatic carbocycles. The summed E-state index contributed by atoms with van der Waals surface area (Å²) in [7, 11) is 0. The number of halogens is 1. The van der Waals surface area contributed by atoms with E-state index < -0.39 is 0 Å². The van der Waals surface area contributed by atoms with Crippen molar-refractivity contribution in [2.45, 2.75) is 32.9 Å². The molecule has 2 unspecified atom stereocenters. The third kappa shape index (κ3) is 6.03. The minimum Gasteiger partial charge on any atom is -0.158 e. The zero-order valence-corrected chi connectivity index (χ0v) is 10.3. The van der Waals surface area contributed by atoms with Crippen LogP contribution in [-0.2, 0) is 0 Å². The minimum atomic E-state index is 0.802. The third-order valence-corrected chi connectivity index (χ3v) is 4.78. The molecule has 0 N–H and O–H groups in total. The van der Waals surface area contributed by atoms with Gasteiger partial charge in [-0.05, 0) is 17.6 Å². The Morgan fingerprint density at radius 2 is 1.73 bits per heavy atom. The van der Waals surface area contributed by atoms with E-state index in [1.54, 1.807) is 0 Å². The monoisotopic (exact) mass is 238 g/mol. The van der Waals surface area contributed by atoms with E-state index in [1.807, 2.05) is 0 Å². The van der Waals surface area contributed by atoms with E-state index in [0.717, 1.165) is 22.4 Å². The lowest BCUT2D eigenvalue weighted by atomic mass is 10.2. The van der Waals surface area contributed by atoms with Gasteiger partial charge in [-0.15, -0.1) is 0 Å². The maximum Gasteiger partial charge on any atom is 0.00649 e. The summed E-state index contributed by atoms with van der Waals surface area (Å²) in [6, 6.07) is 0. The smallest absolute Gasteiger partial charge is 0.00649 e. The zero-order chi connectivity index (χ0) is 8.85. The first-order valence-electron chi connectivity index (χ1n) is 4.25. The SMILES string of the molecule is CC(CBr)CSC(C)C(C)C. The number of alkyl halides is 1. The highest BCUT2D eigenvalue weighted by Gasteiger charge is 2.08. The number of hydrogen-bond donors (Lipinski definition) is 0. The van der Waals surface area contributed by atoms with Gasteiger partial charge in [-0.25, -0.2) is 0 Å². The van der Waals surface area contributed by atoms with Crippen molar-refractivity contribution in [3.8, 4) is 0 Å². The van der Waals surface area contributed by atoms with Crippen LogP contribution in [-0.4, -0.2) is 16.3 Å². The van der Waals surface area contributed by atoms with Crippen molar-refractivity contribution < 1.29 is 0 Å². The van der Waals surface area contributed by atoms with Crippen molar-refractivity contribution >= 4 is 27.7 Å². The van der Waals surface area contributed by atoms with Gasteiger partial charge in [-0.2, -0.15) is 11.8 Å². The maximum atomic E-state index is 3.49. The van der Waals surface area contributed by atoms with Crippen molar-refractivity contribution in [1.29, 1.82) is 0 Å². The predicted molar refractivity (Wildman–Crippen MR) is 59.7 cm³/mol. The lowest BCUT2D eigenvalue weighted by Gasteiger charge is -2.16. The maximum absolute atomic E-state index is 3.49. The molecule has 0 aromatic heterocycles. The van der Waals surface area contributed by atoms with Gasteiger partial charge in [0, 0.05) is 10.6 Å². The molecule has 0 radical (unpaired) electrons. The lowest BCUT2D eigenvalue weighted by Crippen LogP contribution is -2.09. The highest BCUT2D eigenvalue weighted by Crippen LogP contribution is 2.21. The van der Waals surface area contributed by atoms with Crippen LogP contribution in [0.15, 0.2) is 0 Å². The molecule has 0 spiro atoms. The summed E-state index contributed by atoms with van der Waals surface area (Å²) >= 11 is 5.58. The van der Waals surface area contributed by atoms with E-state index in [9.17, 15) is 0 Å². The van der Waals surface area contributed by atoms with Gasteiger partial charge in [0.05, 0.1) is 0 Å². The van der Waals surface area contributed by atoms with E-state index in [0.29, 0.717) is 0 Å². The van der Waals surface area contributed by atoms with Crippen LogP contribution in [0.5, 0.6) is 0 Å². The van der Waals surface area contributed by atoms with E-state index in [1.165, 1.54) is 5.75 Å². The van der Waals surface area contributed by atoms with Gasteiger partial charge in [-0.3, -0.25) is 0 Å². The Balaban J connectivity index is 3.37. The second-order valence-electron chi connectivity index (χ2n) is 3.54. The van der Waals surface area contributed by atoms with Gasteiger partial charge in [0.1, 0.15) is 0 Å². The number of hydrogen-bond acceptors (Lipinski definition) is 1. The minimum absolute atomic E-state index is 0.802. The molecule has 0 aliphatic rings. The fourth-order valence-electron chi connectivity index (χ4n) is 0.553. The summed E-state index contributed by atoms with van der Waals surface area (Å²) in [5.74, 6) is 2.90. The Bertz CT molecular complexity index is 93.6. The summed E-state index contributed by atoms with van der Waals surface area (Å²) in [4.78, 5) is 0. The molecule has 0 nitrogen and oxygen atoms in total. The Hall–Kier alpha value is 0.830. The molecule has 2 heteroatoms. The lowest BCUT2D eigenvalue weighted by molar-refractivity contribution is 0.638. The first kappa shape index (κ1) is 11.8. The van der Waals surface area contributed by atoms with Gasteiger partial charge in [0.2, 0.25) is 0 Å². The molecule has 0 aromatic carbocycles. The van der Waals surface area contributed by atoms with Crippen molar-refractivity contribution in [2.75, 3.05) is 11.1 Å². The molecule has 0 bridgehead atoms. The van der Waals surface area contributed by atoms with Crippen LogP contribution < -0.4 is 0 Å². The van der Waals surface area contributed by atoms with Crippen LogP contribution in [0.3, 0.4) is 0 Å². The normalized spacial score (nSPS) is 16.9. The third-order valence-electron chi connectivity index (χ3n) is 1.85. The quantitative estimate of drug-likeness (QED) is 0.657. The summed E-state index contributed by atoms with van der Waals surface area (Å²) in [6.45, 7) is 9.18. The average Bonchev–Trinajstić information content (AvgIpc) is 1.99.